The third kappa shape index (κ3) is 3.56. The molecule has 0 spiro atoms. The zero-order valence-electron chi connectivity index (χ0n) is 10.9. The van der Waals surface area contributed by atoms with E-state index < -0.39 is 6.04 Å². The predicted octanol–water partition coefficient (Wildman–Crippen LogP) is 2.69. The highest BCUT2D eigenvalue weighted by Gasteiger charge is 2.21. The van der Waals surface area contributed by atoms with E-state index in [1.54, 1.807) is 0 Å². The lowest BCUT2D eigenvalue weighted by Gasteiger charge is -2.26. The van der Waals surface area contributed by atoms with Gasteiger partial charge in [-0.1, -0.05) is 25.8 Å². The van der Waals surface area contributed by atoms with Crippen LogP contribution in [0, 0.1) is 11.8 Å². The minimum Gasteiger partial charge on any atom is -0.354 e. The quantitative estimate of drug-likeness (QED) is 0.880. The third-order valence-electron chi connectivity index (χ3n) is 3.83. The minimum atomic E-state index is -0.507. The number of nitrogens with one attached hydrogen (secondary N) is 1. The van der Waals surface area contributed by atoms with E-state index in [2.05, 4.69) is 12.2 Å². The first kappa shape index (κ1) is 13.6. The number of carbonyl (C=O) groups is 1. The van der Waals surface area contributed by atoms with Gasteiger partial charge < -0.3 is 11.1 Å². The zero-order valence-corrected chi connectivity index (χ0v) is 11.7. The SMILES string of the molecule is CC1CCC(CNC(=O)C(N)c2cccs2)CC1. The number of rotatable bonds is 4. The van der Waals surface area contributed by atoms with Crippen molar-refractivity contribution >= 4 is 17.2 Å². The van der Waals surface area contributed by atoms with E-state index in [0.717, 1.165) is 17.3 Å². The Kier molecular flexibility index (Phi) is 4.78. The summed E-state index contributed by atoms with van der Waals surface area (Å²) < 4.78 is 0. The monoisotopic (exact) mass is 266 g/mol. The summed E-state index contributed by atoms with van der Waals surface area (Å²) in [5, 5.41) is 4.95. The smallest absolute Gasteiger partial charge is 0.242 e. The maximum atomic E-state index is 11.9. The molecule has 3 nitrogen and oxygen atoms in total. The molecule has 1 unspecified atom stereocenters. The molecule has 0 aliphatic heterocycles. The van der Waals surface area contributed by atoms with Gasteiger partial charge in [0.15, 0.2) is 0 Å². The Balaban J connectivity index is 1.75. The van der Waals surface area contributed by atoms with Gasteiger partial charge in [-0.2, -0.15) is 0 Å². The summed E-state index contributed by atoms with van der Waals surface area (Å²) in [5.74, 6) is 1.45. The van der Waals surface area contributed by atoms with Gasteiger partial charge in [0, 0.05) is 11.4 Å². The van der Waals surface area contributed by atoms with Crippen molar-refractivity contribution in [3.8, 4) is 0 Å². The number of hydrogen-bond acceptors (Lipinski definition) is 3. The highest BCUT2D eigenvalue weighted by Crippen LogP contribution is 2.27. The normalized spacial score (nSPS) is 25.7. The lowest BCUT2D eigenvalue weighted by Crippen LogP contribution is -2.37. The molecule has 100 valence electrons. The molecule has 1 aromatic rings. The number of amides is 1. The lowest BCUT2D eigenvalue weighted by atomic mass is 9.83. The van der Waals surface area contributed by atoms with Crippen LogP contribution in [0.2, 0.25) is 0 Å². The van der Waals surface area contributed by atoms with Crippen LogP contribution in [0.15, 0.2) is 17.5 Å². The van der Waals surface area contributed by atoms with E-state index in [1.165, 1.54) is 37.0 Å². The van der Waals surface area contributed by atoms with Gasteiger partial charge in [-0.15, -0.1) is 11.3 Å². The summed E-state index contributed by atoms with van der Waals surface area (Å²) in [6.45, 7) is 3.09. The molecule has 1 heterocycles. The van der Waals surface area contributed by atoms with Gasteiger partial charge in [-0.3, -0.25) is 4.79 Å². The van der Waals surface area contributed by atoms with Crippen LogP contribution in [0.3, 0.4) is 0 Å². The molecule has 18 heavy (non-hydrogen) atoms. The molecular formula is C14H22N2OS. The van der Waals surface area contributed by atoms with Gasteiger partial charge in [0.25, 0.3) is 0 Å². The Morgan fingerprint density at radius 1 is 1.50 bits per heavy atom. The van der Waals surface area contributed by atoms with Crippen LogP contribution in [-0.2, 0) is 4.79 Å². The largest absolute Gasteiger partial charge is 0.354 e. The van der Waals surface area contributed by atoms with Crippen molar-refractivity contribution < 1.29 is 4.79 Å². The van der Waals surface area contributed by atoms with Crippen molar-refractivity contribution in [3.05, 3.63) is 22.4 Å². The zero-order chi connectivity index (χ0) is 13.0. The van der Waals surface area contributed by atoms with Gasteiger partial charge in [0.1, 0.15) is 6.04 Å². The molecular weight excluding hydrogens is 244 g/mol. The van der Waals surface area contributed by atoms with Gasteiger partial charge in [0.2, 0.25) is 5.91 Å². The maximum Gasteiger partial charge on any atom is 0.242 e. The van der Waals surface area contributed by atoms with E-state index >= 15 is 0 Å². The molecule has 1 atom stereocenters. The summed E-state index contributed by atoms with van der Waals surface area (Å²) in [5.41, 5.74) is 5.92. The highest BCUT2D eigenvalue weighted by atomic mass is 32.1. The molecule has 1 saturated carbocycles. The van der Waals surface area contributed by atoms with Crippen molar-refractivity contribution in [1.29, 1.82) is 0 Å². The van der Waals surface area contributed by atoms with Crippen LogP contribution in [-0.4, -0.2) is 12.5 Å². The summed E-state index contributed by atoms with van der Waals surface area (Å²) in [4.78, 5) is 12.9. The Morgan fingerprint density at radius 3 is 2.83 bits per heavy atom. The molecule has 3 N–H and O–H groups in total. The van der Waals surface area contributed by atoms with Crippen LogP contribution in [0.5, 0.6) is 0 Å². The Hall–Kier alpha value is -0.870. The summed E-state index contributed by atoms with van der Waals surface area (Å²) >= 11 is 1.54. The van der Waals surface area contributed by atoms with Gasteiger partial charge >= 0.3 is 0 Å². The van der Waals surface area contributed by atoms with E-state index in [9.17, 15) is 4.79 Å². The van der Waals surface area contributed by atoms with Crippen molar-refractivity contribution in [2.45, 2.75) is 38.6 Å². The first-order chi connectivity index (χ1) is 8.66. The molecule has 1 fully saturated rings. The van der Waals surface area contributed by atoms with Crippen molar-refractivity contribution in [3.63, 3.8) is 0 Å². The van der Waals surface area contributed by atoms with Crippen LogP contribution < -0.4 is 11.1 Å². The molecule has 1 aliphatic carbocycles. The molecule has 0 radical (unpaired) electrons. The molecule has 0 bridgehead atoms. The molecule has 0 aromatic carbocycles. The highest BCUT2D eigenvalue weighted by molar-refractivity contribution is 7.10. The van der Waals surface area contributed by atoms with Crippen molar-refractivity contribution in [2.24, 2.45) is 17.6 Å². The lowest BCUT2D eigenvalue weighted by molar-refractivity contribution is -0.122. The van der Waals surface area contributed by atoms with Gasteiger partial charge in [0.05, 0.1) is 0 Å². The standard InChI is InChI=1S/C14H22N2OS/c1-10-4-6-11(7-5-10)9-16-14(17)13(15)12-3-2-8-18-12/h2-3,8,10-11,13H,4-7,9,15H2,1H3,(H,16,17). The van der Waals surface area contributed by atoms with Crippen LogP contribution >= 0.6 is 11.3 Å². The number of carbonyl (C=O) groups excluding carboxylic acids is 1. The number of hydrogen-bond donors (Lipinski definition) is 2. The van der Waals surface area contributed by atoms with Gasteiger partial charge in [-0.25, -0.2) is 0 Å². The third-order valence-corrected chi connectivity index (χ3v) is 4.79. The molecule has 1 amide bonds. The van der Waals surface area contributed by atoms with E-state index in [4.69, 9.17) is 5.73 Å². The molecule has 1 aliphatic rings. The fourth-order valence-electron chi connectivity index (χ4n) is 2.49. The van der Waals surface area contributed by atoms with Crippen LogP contribution in [0.4, 0.5) is 0 Å². The predicted molar refractivity (Wildman–Crippen MR) is 75.4 cm³/mol. The van der Waals surface area contributed by atoms with Crippen molar-refractivity contribution in [1.82, 2.24) is 5.32 Å². The number of nitrogens with two attached hydrogens (primary N) is 1. The summed E-state index contributed by atoms with van der Waals surface area (Å²) in [7, 11) is 0. The second kappa shape index (κ2) is 6.34. The molecule has 1 aromatic heterocycles. The first-order valence-electron chi connectivity index (χ1n) is 6.73. The van der Waals surface area contributed by atoms with E-state index in [0.29, 0.717) is 5.92 Å². The average molecular weight is 266 g/mol. The summed E-state index contributed by atoms with van der Waals surface area (Å²) in [6.07, 6.45) is 5.04. The Morgan fingerprint density at radius 2 is 2.22 bits per heavy atom. The maximum absolute atomic E-state index is 11.9. The van der Waals surface area contributed by atoms with Gasteiger partial charge in [-0.05, 0) is 36.1 Å². The molecule has 0 saturated heterocycles. The van der Waals surface area contributed by atoms with E-state index in [1.807, 2.05) is 17.5 Å². The topological polar surface area (TPSA) is 55.1 Å². The van der Waals surface area contributed by atoms with Crippen molar-refractivity contribution in [2.75, 3.05) is 6.54 Å². The Labute approximate surface area is 113 Å². The first-order valence-corrected chi connectivity index (χ1v) is 7.61. The second-order valence-electron chi connectivity index (χ2n) is 5.36. The Bertz CT molecular complexity index is 369. The van der Waals surface area contributed by atoms with E-state index in [-0.39, 0.29) is 5.91 Å². The molecule has 2 rings (SSSR count). The number of thiophene rings is 1. The molecule has 4 heteroatoms. The average Bonchev–Trinajstić information content (AvgIpc) is 2.90. The minimum absolute atomic E-state index is 0.0453. The van der Waals surface area contributed by atoms with Crippen LogP contribution in [0.25, 0.3) is 0 Å². The fraction of sp³-hybridized carbons (Fsp3) is 0.643. The second-order valence-corrected chi connectivity index (χ2v) is 6.34. The summed E-state index contributed by atoms with van der Waals surface area (Å²) in [6, 6.07) is 3.33. The fourth-order valence-corrected chi connectivity index (χ4v) is 3.21. The van der Waals surface area contributed by atoms with Crippen LogP contribution in [0.1, 0.15) is 43.5 Å².